The lowest BCUT2D eigenvalue weighted by Crippen LogP contribution is -2.20. The number of rotatable bonds is 3. The highest BCUT2D eigenvalue weighted by atomic mass is 32.2. The van der Waals surface area contributed by atoms with E-state index in [2.05, 4.69) is 20.7 Å². The minimum Gasteiger partial charge on any atom is -0.254 e. The molecule has 0 saturated carbocycles. The number of hydrazone groups is 1. The summed E-state index contributed by atoms with van der Waals surface area (Å²) in [6, 6.07) is 14.1. The summed E-state index contributed by atoms with van der Waals surface area (Å²) in [4.78, 5) is 1.10. The van der Waals surface area contributed by atoms with Crippen LogP contribution in [0.4, 0.5) is 0 Å². The number of nitrogens with zero attached hydrogens (tertiary/aromatic N) is 3. The number of hydrogen-bond acceptors (Lipinski definition) is 6. The zero-order valence-electron chi connectivity index (χ0n) is 10.6. The van der Waals surface area contributed by atoms with E-state index in [1.54, 1.807) is 29.3 Å². The third kappa shape index (κ3) is 3.34. The van der Waals surface area contributed by atoms with Gasteiger partial charge in [-0.1, -0.05) is 48.2 Å². The smallest absolute Gasteiger partial charge is 0.203 e. The van der Waals surface area contributed by atoms with Gasteiger partial charge in [0.2, 0.25) is 5.17 Å². The molecule has 1 aromatic heterocycles. The summed E-state index contributed by atoms with van der Waals surface area (Å²) < 4.78 is 0. The van der Waals surface area contributed by atoms with Crippen LogP contribution in [0.15, 0.2) is 63.1 Å². The van der Waals surface area contributed by atoms with E-state index in [0.29, 0.717) is 0 Å². The Balaban J connectivity index is 1.63. The lowest BCUT2D eigenvalue weighted by Gasteiger charge is -2.10. The third-order valence-electron chi connectivity index (χ3n) is 2.61. The van der Waals surface area contributed by atoms with Gasteiger partial charge in [0.25, 0.3) is 0 Å². The quantitative estimate of drug-likeness (QED) is 0.699. The minimum absolute atomic E-state index is 0.720. The second-order valence-corrected chi connectivity index (χ2v) is 5.94. The zero-order valence-corrected chi connectivity index (χ0v) is 12.2. The van der Waals surface area contributed by atoms with Gasteiger partial charge in [-0.15, -0.1) is 16.4 Å². The third-order valence-corrected chi connectivity index (χ3v) is 4.28. The Morgan fingerprint density at radius 3 is 2.70 bits per heavy atom. The number of thiophene rings is 1. The van der Waals surface area contributed by atoms with Crippen molar-refractivity contribution in [2.75, 3.05) is 5.75 Å². The fraction of sp³-hybridized carbons (Fsp3) is 0.0714. The second kappa shape index (κ2) is 6.49. The molecule has 2 heterocycles. The number of hydrogen-bond donors (Lipinski definition) is 1. The molecule has 0 aliphatic carbocycles. The van der Waals surface area contributed by atoms with Crippen molar-refractivity contribution in [1.82, 2.24) is 5.43 Å². The van der Waals surface area contributed by atoms with Crippen LogP contribution in [0, 0.1) is 0 Å². The van der Waals surface area contributed by atoms with Crippen molar-refractivity contribution in [3.05, 3.63) is 58.3 Å². The van der Waals surface area contributed by atoms with Crippen molar-refractivity contribution in [1.29, 1.82) is 0 Å². The summed E-state index contributed by atoms with van der Waals surface area (Å²) in [5, 5.41) is 15.3. The molecule has 1 aliphatic rings. The van der Waals surface area contributed by atoms with Gasteiger partial charge in [0.1, 0.15) is 0 Å². The maximum absolute atomic E-state index is 4.25. The molecule has 6 heteroatoms. The molecule has 0 atom stereocenters. The van der Waals surface area contributed by atoms with Gasteiger partial charge in [0, 0.05) is 10.6 Å². The molecular weight excluding hydrogens is 288 g/mol. The minimum atomic E-state index is 0.720. The van der Waals surface area contributed by atoms with Crippen LogP contribution >= 0.6 is 23.1 Å². The first-order valence-corrected chi connectivity index (χ1v) is 7.94. The topological polar surface area (TPSA) is 49.1 Å². The Bertz CT molecular complexity index is 645. The molecule has 0 amide bonds. The number of amidine groups is 1. The molecule has 0 spiro atoms. The van der Waals surface area contributed by atoms with Crippen LogP contribution in [-0.4, -0.2) is 22.8 Å². The lowest BCUT2D eigenvalue weighted by atomic mass is 10.1. The molecule has 1 aliphatic heterocycles. The van der Waals surface area contributed by atoms with Crippen LogP contribution in [0.3, 0.4) is 0 Å². The normalized spacial score (nSPS) is 15.0. The molecule has 3 rings (SSSR count). The summed E-state index contributed by atoms with van der Waals surface area (Å²) >= 11 is 3.24. The summed E-state index contributed by atoms with van der Waals surface area (Å²) in [5.41, 5.74) is 5.02. The Kier molecular flexibility index (Phi) is 4.25. The zero-order chi connectivity index (χ0) is 13.6. The molecule has 1 N–H and O–H groups in total. The first kappa shape index (κ1) is 13.1. The van der Waals surface area contributed by atoms with Crippen LogP contribution < -0.4 is 5.43 Å². The molecular formula is C14H12N4S2. The molecule has 1 aromatic carbocycles. The van der Waals surface area contributed by atoms with Gasteiger partial charge in [0.15, 0.2) is 0 Å². The predicted octanol–water partition coefficient (Wildman–Crippen LogP) is 3.18. The van der Waals surface area contributed by atoms with Crippen LogP contribution in [0.5, 0.6) is 0 Å². The van der Waals surface area contributed by atoms with Crippen molar-refractivity contribution < 1.29 is 0 Å². The molecule has 0 fully saturated rings. The summed E-state index contributed by atoms with van der Waals surface area (Å²) in [6.07, 6.45) is 1.78. The van der Waals surface area contributed by atoms with Gasteiger partial charge < -0.3 is 0 Å². The van der Waals surface area contributed by atoms with E-state index in [4.69, 9.17) is 0 Å². The summed E-state index contributed by atoms with van der Waals surface area (Å²) in [6.45, 7) is 0. The summed E-state index contributed by atoms with van der Waals surface area (Å²) in [5.74, 6) is 0.796. The van der Waals surface area contributed by atoms with Gasteiger partial charge in [-0.05, 0) is 17.0 Å². The monoisotopic (exact) mass is 300 g/mol. The first-order valence-electron chi connectivity index (χ1n) is 6.07. The number of benzene rings is 1. The Morgan fingerprint density at radius 1 is 1.10 bits per heavy atom. The maximum atomic E-state index is 4.25. The van der Waals surface area contributed by atoms with E-state index >= 15 is 0 Å². The fourth-order valence-electron chi connectivity index (χ4n) is 1.64. The molecule has 20 heavy (non-hydrogen) atoms. The van der Waals surface area contributed by atoms with Crippen molar-refractivity contribution >= 4 is 40.2 Å². The Morgan fingerprint density at radius 2 is 2.00 bits per heavy atom. The number of nitrogens with one attached hydrogen (secondary N) is 1. The predicted molar refractivity (Wildman–Crippen MR) is 87.9 cm³/mol. The van der Waals surface area contributed by atoms with Gasteiger partial charge in [0.05, 0.1) is 11.9 Å². The van der Waals surface area contributed by atoms with Crippen molar-refractivity contribution in [2.45, 2.75) is 0 Å². The maximum Gasteiger partial charge on any atom is 0.203 e. The van der Waals surface area contributed by atoms with E-state index in [1.807, 2.05) is 47.8 Å². The lowest BCUT2D eigenvalue weighted by molar-refractivity contribution is 1.03. The highest BCUT2D eigenvalue weighted by molar-refractivity contribution is 8.14. The van der Waals surface area contributed by atoms with Crippen LogP contribution in [0.25, 0.3) is 0 Å². The van der Waals surface area contributed by atoms with Gasteiger partial charge in [-0.2, -0.15) is 10.2 Å². The Hall–Kier alpha value is -1.92. The molecule has 0 radical (unpaired) electrons. The van der Waals surface area contributed by atoms with Gasteiger partial charge in [-0.25, -0.2) is 0 Å². The van der Waals surface area contributed by atoms with E-state index in [0.717, 1.165) is 27.1 Å². The highest BCUT2D eigenvalue weighted by Gasteiger charge is 2.11. The van der Waals surface area contributed by atoms with Crippen molar-refractivity contribution in [3.63, 3.8) is 0 Å². The van der Waals surface area contributed by atoms with Gasteiger partial charge in [-0.3, -0.25) is 5.43 Å². The molecule has 0 unspecified atom stereocenters. The van der Waals surface area contributed by atoms with E-state index in [1.165, 1.54) is 0 Å². The van der Waals surface area contributed by atoms with E-state index < -0.39 is 0 Å². The van der Waals surface area contributed by atoms with E-state index in [9.17, 15) is 0 Å². The Labute approximate surface area is 125 Å². The molecule has 0 bridgehead atoms. The summed E-state index contributed by atoms with van der Waals surface area (Å²) in [7, 11) is 0. The SMILES string of the molecule is C(=N\NC1=NN=C(c2ccccc2)CS1)/c1cccs1. The van der Waals surface area contributed by atoms with Crippen LogP contribution in [0.1, 0.15) is 10.4 Å². The van der Waals surface area contributed by atoms with Crippen molar-refractivity contribution in [2.24, 2.45) is 15.3 Å². The largest absolute Gasteiger partial charge is 0.254 e. The molecule has 4 nitrogen and oxygen atoms in total. The number of thioether (sulfide) groups is 1. The van der Waals surface area contributed by atoms with Crippen LogP contribution in [0.2, 0.25) is 0 Å². The first-order chi connectivity index (χ1) is 9.92. The van der Waals surface area contributed by atoms with E-state index in [-0.39, 0.29) is 0 Å². The molecule has 100 valence electrons. The molecule has 0 saturated heterocycles. The standard InChI is InChI=1S/C14H12N4S2/c1-2-5-11(6-3-1)13-10-20-14(18-16-13)17-15-9-12-7-4-8-19-12/h1-9H,10H2,(H,17,18)/b15-9+. The average molecular weight is 300 g/mol. The van der Waals surface area contributed by atoms with Crippen molar-refractivity contribution in [3.8, 4) is 0 Å². The fourth-order valence-corrected chi connectivity index (χ4v) is 2.94. The highest BCUT2D eigenvalue weighted by Crippen LogP contribution is 2.14. The second-order valence-electron chi connectivity index (χ2n) is 3.99. The van der Waals surface area contributed by atoms with Gasteiger partial charge >= 0.3 is 0 Å². The average Bonchev–Trinajstić information content (AvgIpc) is 3.02. The van der Waals surface area contributed by atoms with Crippen LogP contribution in [-0.2, 0) is 0 Å². The molecule has 2 aromatic rings.